The van der Waals surface area contributed by atoms with Gasteiger partial charge < -0.3 is 33.9 Å². The van der Waals surface area contributed by atoms with Crippen LogP contribution < -0.4 is 0 Å². The van der Waals surface area contributed by atoms with Gasteiger partial charge in [-0.3, -0.25) is 4.90 Å². The van der Waals surface area contributed by atoms with E-state index in [0.717, 1.165) is 32.4 Å². The van der Waals surface area contributed by atoms with E-state index in [1.807, 2.05) is 7.11 Å². The number of likely N-dealkylation sites (tertiary alicyclic amines) is 1. The van der Waals surface area contributed by atoms with Crippen LogP contribution in [0.2, 0.25) is 0 Å². The summed E-state index contributed by atoms with van der Waals surface area (Å²) >= 11 is 0. The summed E-state index contributed by atoms with van der Waals surface area (Å²) in [4.78, 5) is 2.48. The molecule has 6 rings (SSSR count). The van der Waals surface area contributed by atoms with Crippen LogP contribution in [-0.4, -0.2) is 112 Å². The standard InChI is InChI=1S/C26H43NO7/c1-7-27-12-23(13-30-2)9-8-17(32-4)25-15-10-14-16(31-3)11-24(34-6,18(15)19(14)28)26(29,22(25)27)21(33-5)20(23)25/h14-22,28-29H,7-13H2,1-6H3. The molecule has 8 nitrogen and oxygen atoms in total. The zero-order valence-electron chi connectivity index (χ0n) is 21.5. The predicted molar refractivity (Wildman–Crippen MR) is 123 cm³/mol. The Morgan fingerprint density at radius 2 is 1.82 bits per heavy atom. The molecule has 1 aliphatic heterocycles. The van der Waals surface area contributed by atoms with Gasteiger partial charge in [-0.2, -0.15) is 0 Å². The number of likely N-dealkylation sites (N-methyl/N-ethyl adjacent to an activating group) is 1. The first-order chi connectivity index (χ1) is 16.3. The van der Waals surface area contributed by atoms with Crippen molar-refractivity contribution in [2.75, 3.05) is 55.2 Å². The van der Waals surface area contributed by atoms with Gasteiger partial charge in [0.2, 0.25) is 0 Å². The Labute approximate surface area is 203 Å². The molecule has 8 heteroatoms. The molecule has 6 fully saturated rings. The predicted octanol–water partition coefficient (Wildman–Crippen LogP) is 0.925. The molecular formula is C26H43NO7. The maximum atomic E-state index is 13.2. The second-order valence-electron chi connectivity index (χ2n) is 12.1. The first-order valence-electron chi connectivity index (χ1n) is 13.1. The largest absolute Gasteiger partial charge is 0.392 e. The van der Waals surface area contributed by atoms with Crippen molar-refractivity contribution < 1.29 is 33.9 Å². The normalized spacial score (nSPS) is 59.5. The third kappa shape index (κ3) is 2.23. The van der Waals surface area contributed by atoms with Gasteiger partial charge in [-0.1, -0.05) is 6.92 Å². The van der Waals surface area contributed by atoms with Crippen LogP contribution >= 0.6 is 0 Å². The van der Waals surface area contributed by atoms with Gasteiger partial charge in [0.25, 0.3) is 0 Å². The molecule has 1 spiro atoms. The highest BCUT2D eigenvalue weighted by atomic mass is 16.5. The molecule has 13 unspecified atom stereocenters. The van der Waals surface area contributed by atoms with Crippen LogP contribution in [0.15, 0.2) is 0 Å². The highest BCUT2D eigenvalue weighted by molar-refractivity contribution is 5.41. The average molecular weight is 482 g/mol. The number of nitrogens with zero attached hydrogens (tertiary/aromatic N) is 1. The van der Waals surface area contributed by atoms with Crippen LogP contribution in [-0.2, 0) is 23.7 Å². The maximum Gasteiger partial charge on any atom is 0.136 e. The minimum absolute atomic E-state index is 0.0269. The molecule has 7 bridgehead atoms. The fourth-order valence-electron chi connectivity index (χ4n) is 11.3. The molecule has 0 amide bonds. The van der Waals surface area contributed by atoms with E-state index in [1.54, 1.807) is 28.4 Å². The van der Waals surface area contributed by atoms with E-state index in [9.17, 15) is 10.2 Å². The Morgan fingerprint density at radius 1 is 1.06 bits per heavy atom. The molecule has 0 radical (unpaired) electrons. The van der Waals surface area contributed by atoms with E-state index in [4.69, 9.17) is 23.7 Å². The van der Waals surface area contributed by atoms with Gasteiger partial charge in [-0.15, -0.1) is 0 Å². The molecule has 1 saturated heterocycles. The van der Waals surface area contributed by atoms with Crippen LogP contribution in [0.1, 0.15) is 32.6 Å². The molecule has 5 saturated carbocycles. The van der Waals surface area contributed by atoms with E-state index in [2.05, 4.69) is 11.8 Å². The Hall–Kier alpha value is -0.320. The quantitative estimate of drug-likeness (QED) is 0.555. The summed E-state index contributed by atoms with van der Waals surface area (Å²) < 4.78 is 31.1. The monoisotopic (exact) mass is 481 g/mol. The number of aliphatic hydroxyl groups is 2. The Kier molecular flexibility index (Phi) is 5.38. The molecule has 6 aliphatic rings. The van der Waals surface area contributed by atoms with Crippen molar-refractivity contribution in [2.24, 2.45) is 34.5 Å². The summed E-state index contributed by atoms with van der Waals surface area (Å²) in [7, 11) is 8.77. The zero-order chi connectivity index (χ0) is 24.3. The number of piperidine rings is 1. The van der Waals surface area contributed by atoms with Crippen molar-refractivity contribution in [1.82, 2.24) is 4.90 Å². The lowest BCUT2D eigenvalue weighted by molar-refractivity contribution is -0.325. The van der Waals surface area contributed by atoms with Crippen molar-refractivity contribution in [3.05, 3.63) is 0 Å². The van der Waals surface area contributed by atoms with Crippen molar-refractivity contribution in [3.8, 4) is 0 Å². The number of hydrogen-bond donors (Lipinski definition) is 2. The minimum atomic E-state index is -1.32. The van der Waals surface area contributed by atoms with Gasteiger partial charge in [0.1, 0.15) is 11.2 Å². The molecule has 0 aromatic carbocycles. The Bertz CT molecular complexity index is 829. The number of aliphatic hydroxyl groups excluding tert-OH is 1. The lowest BCUT2D eigenvalue weighted by Gasteiger charge is -2.70. The van der Waals surface area contributed by atoms with Crippen molar-refractivity contribution in [2.45, 2.75) is 74.3 Å². The number of fused-ring (bicyclic) bond motifs is 2. The number of rotatable bonds is 7. The highest BCUT2D eigenvalue weighted by Gasteiger charge is 2.91. The molecule has 5 aliphatic carbocycles. The maximum absolute atomic E-state index is 13.2. The smallest absolute Gasteiger partial charge is 0.136 e. The molecule has 0 aromatic rings. The summed E-state index contributed by atoms with van der Waals surface area (Å²) in [6.45, 7) is 4.49. The second-order valence-corrected chi connectivity index (χ2v) is 12.1. The fourth-order valence-corrected chi connectivity index (χ4v) is 11.3. The van der Waals surface area contributed by atoms with Crippen LogP contribution in [0.3, 0.4) is 0 Å². The van der Waals surface area contributed by atoms with E-state index >= 15 is 0 Å². The summed E-state index contributed by atoms with van der Waals surface area (Å²) in [6.07, 6.45) is 2.07. The number of ether oxygens (including phenoxy) is 5. The summed E-state index contributed by atoms with van der Waals surface area (Å²) in [5.74, 6) is 0.0362. The van der Waals surface area contributed by atoms with Gasteiger partial charge in [0.05, 0.1) is 37.1 Å². The first kappa shape index (κ1) is 24.0. The molecule has 1 heterocycles. The van der Waals surface area contributed by atoms with Crippen LogP contribution in [0.4, 0.5) is 0 Å². The molecule has 13 atom stereocenters. The van der Waals surface area contributed by atoms with Crippen molar-refractivity contribution in [3.63, 3.8) is 0 Å². The third-order valence-corrected chi connectivity index (χ3v) is 11.8. The summed E-state index contributed by atoms with van der Waals surface area (Å²) in [6, 6.07) is -0.182. The summed E-state index contributed by atoms with van der Waals surface area (Å²) in [5, 5.41) is 25.0. The molecule has 2 N–H and O–H groups in total. The van der Waals surface area contributed by atoms with Crippen molar-refractivity contribution >= 4 is 0 Å². The van der Waals surface area contributed by atoms with Gasteiger partial charge in [0.15, 0.2) is 0 Å². The zero-order valence-corrected chi connectivity index (χ0v) is 21.5. The minimum Gasteiger partial charge on any atom is -0.392 e. The summed E-state index contributed by atoms with van der Waals surface area (Å²) in [5.41, 5.74) is -2.80. The van der Waals surface area contributed by atoms with Gasteiger partial charge in [0, 0.05) is 77.1 Å². The van der Waals surface area contributed by atoms with E-state index in [1.165, 1.54) is 0 Å². The highest BCUT2D eigenvalue weighted by Crippen LogP contribution is 2.80. The van der Waals surface area contributed by atoms with Crippen LogP contribution in [0, 0.1) is 34.5 Å². The Balaban J connectivity index is 1.69. The molecular weight excluding hydrogens is 438 g/mol. The SMILES string of the molecule is CCN1CC2(COC)CCC(OC)C34C5CC6C(OC)CC(OC)(C5C6O)C(O)(C(OC)C23)C14. The average Bonchev–Trinajstić information content (AvgIpc) is 3.18. The molecule has 0 aromatic heterocycles. The van der Waals surface area contributed by atoms with Crippen LogP contribution in [0.5, 0.6) is 0 Å². The Morgan fingerprint density at radius 3 is 2.41 bits per heavy atom. The first-order valence-corrected chi connectivity index (χ1v) is 13.1. The lowest BCUT2D eigenvalue weighted by Crippen LogP contribution is -2.82. The lowest BCUT2D eigenvalue weighted by atomic mass is 9.42. The van der Waals surface area contributed by atoms with E-state index in [-0.39, 0.29) is 52.8 Å². The van der Waals surface area contributed by atoms with Crippen LogP contribution in [0.25, 0.3) is 0 Å². The third-order valence-electron chi connectivity index (χ3n) is 11.8. The number of methoxy groups -OCH3 is 5. The van der Waals surface area contributed by atoms with Crippen molar-refractivity contribution in [1.29, 1.82) is 0 Å². The molecule has 194 valence electrons. The van der Waals surface area contributed by atoms with Gasteiger partial charge >= 0.3 is 0 Å². The fraction of sp³-hybridized carbons (Fsp3) is 1.00. The topological polar surface area (TPSA) is 89.9 Å². The van der Waals surface area contributed by atoms with E-state index < -0.39 is 23.4 Å². The van der Waals surface area contributed by atoms with E-state index in [0.29, 0.717) is 13.0 Å². The second kappa shape index (κ2) is 7.60. The molecule has 34 heavy (non-hydrogen) atoms. The van der Waals surface area contributed by atoms with Gasteiger partial charge in [-0.05, 0) is 31.7 Å². The number of hydrogen-bond acceptors (Lipinski definition) is 8. The van der Waals surface area contributed by atoms with Gasteiger partial charge in [-0.25, -0.2) is 0 Å².